The number of hydrogen-bond donors (Lipinski definition) is 1. The van der Waals surface area contributed by atoms with E-state index in [1.165, 1.54) is 11.1 Å². The van der Waals surface area contributed by atoms with Gasteiger partial charge < -0.3 is 14.8 Å². The Bertz CT molecular complexity index is 485. The second-order valence-electron chi connectivity index (χ2n) is 4.73. The van der Waals surface area contributed by atoms with Crippen molar-refractivity contribution in [3.8, 4) is 11.5 Å². The fourth-order valence-electron chi connectivity index (χ4n) is 2.37. The molecule has 0 radical (unpaired) electrons. The lowest BCUT2D eigenvalue weighted by molar-refractivity contribution is 0.340. The van der Waals surface area contributed by atoms with Gasteiger partial charge in [-0.15, -0.1) is 0 Å². The number of benzene rings is 2. The average Bonchev–Trinajstić information content (AvgIpc) is 2.52. The Hall–Kier alpha value is -2.00. The van der Waals surface area contributed by atoms with Crippen molar-refractivity contribution in [1.29, 1.82) is 0 Å². The summed E-state index contributed by atoms with van der Waals surface area (Å²) in [7, 11) is 1.97. The first-order valence-electron chi connectivity index (χ1n) is 7.41. The van der Waals surface area contributed by atoms with Crippen molar-refractivity contribution in [1.82, 2.24) is 5.32 Å². The predicted molar refractivity (Wildman–Crippen MR) is 86.1 cm³/mol. The van der Waals surface area contributed by atoms with Crippen molar-refractivity contribution < 1.29 is 9.47 Å². The molecule has 0 saturated carbocycles. The van der Waals surface area contributed by atoms with Crippen LogP contribution in [0.5, 0.6) is 11.5 Å². The van der Waals surface area contributed by atoms with Gasteiger partial charge in [0.2, 0.25) is 0 Å². The van der Waals surface area contributed by atoms with E-state index in [2.05, 4.69) is 29.6 Å². The van der Waals surface area contributed by atoms with Crippen LogP contribution in [0.25, 0.3) is 0 Å². The van der Waals surface area contributed by atoms with E-state index >= 15 is 0 Å². The van der Waals surface area contributed by atoms with E-state index in [-0.39, 0.29) is 6.04 Å². The van der Waals surface area contributed by atoms with E-state index < -0.39 is 0 Å². The van der Waals surface area contributed by atoms with Crippen LogP contribution in [0.3, 0.4) is 0 Å². The first-order chi connectivity index (χ1) is 10.3. The smallest absolute Gasteiger partial charge is 0.119 e. The van der Waals surface area contributed by atoms with Gasteiger partial charge in [0.15, 0.2) is 0 Å². The maximum absolute atomic E-state index is 5.49. The standard InChI is InChI=1S/C18H23NO2/c1-4-20-16-10-6-14(7-11-16)18(19-3)15-8-12-17(13-9-15)21-5-2/h6-13,18-19H,4-5H2,1-3H3. The summed E-state index contributed by atoms with van der Waals surface area (Å²) in [5.74, 6) is 1.81. The van der Waals surface area contributed by atoms with Gasteiger partial charge in [-0.2, -0.15) is 0 Å². The molecule has 0 spiro atoms. The molecule has 0 aliphatic carbocycles. The van der Waals surface area contributed by atoms with Gasteiger partial charge in [-0.25, -0.2) is 0 Å². The summed E-state index contributed by atoms with van der Waals surface area (Å²) in [5, 5.41) is 3.36. The number of hydrogen-bond acceptors (Lipinski definition) is 3. The SMILES string of the molecule is CCOc1ccc(C(NC)c2ccc(OCC)cc2)cc1. The second-order valence-corrected chi connectivity index (χ2v) is 4.73. The molecule has 1 N–H and O–H groups in total. The minimum Gasteiger partial charge on any atom is -0.494 e. The Morgan fingerprint density at radius 1 is 0.762 bits per heavy atom. The highest BCUT2D eigenvalue weighted by Crippen LogP contribution is 2.25. The lowest BCUT2D eigenvalue weighted by Crippen LogP contribution is -2.17. The molecule has 0 aliphatic rings. The molecule has 0 aromatic heterocycles. The van der Waals surface area contributed by atoms with Crippen molar-refractivity contribution in [2.75, 3.05) is 20.3 Å². The van der Waals surface area contributed by atoms with Crippen LogP contribution in [0.2, 0.25) is 0 Å². The van der Waals surface area contributed by atoms with Gasteiger partial charge in [0.1, 0.15) is 11.5 Å². The Balaban J connectivity index is 2.18. The van der Waals surface area contributed by atoms with Gasteiger partial charge in [0, 0.05) is 0 Å². The van der Waals surface area contributed by atoms with Gasteiger partial charge in [-0.1, -0.05) is 24.3 Å². The van der Waals surface area contributed by atoms with Crippen LogP contribution >= 0.6 is 0 Å². The molecule has 3 heteroatoms. The molecular formula is C18H23NO2. The fraction of sp³-hybridized carbons (Fsp3) is 0.333. The third kappa shape index (κ3) is 3.99. The highest BCUT2D eigenvalue weighted by Gasteiger charge is 2.12. The summed E-state index contributed by atoms with van der Waals surface area (Å²) < 4.78 is 11.0. The van der Waals surface area contributed by atoms with Crippen LogP contribution in [0.1, 0.15) is 31.0 Å². The molecule has 21 heavy (non-hydrogen) atoms. The molecule has 0 amide bonds. The second kappa shape index (κ2) is 7.70. The normalized spacial score (nSPS) is 10.7. The van der Waals surface area contributed by atoms with Crippen LogP contribution in [-0.4, -0.2) is 20.3 Å². The van der Waals surface area contributed by atoms with E-state index in [9.17, 15) is 0 Å². The van der Waals surface area contributed by atoms with Gasteiger partial charge in [-0.3, -0.25) is 0 Å². The lowest BCUT2D eigenvalue weighted by Gasteiger charge is -2.18. The Morgan fingerprint density at radius 3 is 1.43 bits per heavy atom. The Kier molecular flexibility index (Phi) is 5.64. The third-order valence-electron chi connectivity index (χ3n) is 3.34. The van der Waals surface area contributed by atoms with Crippen LogP contribution in [-0.2, 0) is 0 Å². The summed E-state index contributed by atoms with van der Waals surface area (Å²) in [6.07, 6.45) is 0. The van der Waals surface area contributed by atoms with Crippen LogP contribution in [0, 0.1) is 0 Å². The fourth-order valence-corrected chi connectivity index (χ4v) is 2.37. The molecule has 0 unspecified atom stereocenters. The summed E-state index contributed by atoms with van der Waals surface area (Å²) >= 11 is 0. The summed E-state index contributed by atoms with van der Waals surface area (Å²) in [5.41, 5.74) is 2.43. The van der Waals surface area contributed by atoms with E-state index in [0.29, 0.717) is 13.2 Å². The highest BCUT2D eigenvalue weighted by molar-refractivity contribution is 5.37. The van der Waals surface area contributed by atoms with E-state index in [0.717, 1.165) is 11.5 Å². The molecule has 0 aliphatic heterocycles. The molecule has 3 nitrogen and oxygen atoms in total. The highest BCUT2D eigenvalue weighted by atomic mass is 16.5. The quantitative estimate of drug-likeness (QED) is 0.839. The first-order valence-corrected chi connectivity index (χ1v) is 7.41. The van der Waals surface area contributed by atoms with Crippen molar-refractivity contribution in [3.05, 3.63) is 59.7 Å². The van der Waals surface area contributed by atoms with Crippen LogP contribution < -0.4 is 14.8 Å². The molecule has 0 saturated heterocycles. The minimum absolute atomic E-state index is 0.163. The molecule has 2 rings (SSSR count). The maximum atomic E-state index is 5.49. The van der Waals surface area contributed by atoms with Gasteiger partial charge >= 0.3 is 0 Å². The van der Waals surface area contributed by atoms with Crippen molar-refractivity contribution >= 4 is 0 Å². The molecule has 0 bridgehead atoms. The van der Waals surface area contributed by atoms with Crippen LogP contribution in [0.15, 0.2) is 48.5 Å². The molecule has 2 aromatic carbocycles. The molecule has 0 atom stereocenters. The molecule has 0 heterocycles. The van der Waals surface area contributed by atoms with Crippen molar-refractivity contribution in [2.45, 2.75) is 19.9 Å². The Labute approximate surface area is 126 Å². The summed E-state index contributed by atoms with van der Waals surface area (Å²) in [6.45, 7) is 5.36. The molecule has 2 aromatic rings. The summed E-state index contributed by atoms with van der Waals surface area (Å²) in [4.78, 5) is 0. The number of nitrogens with one attached hydrogen (secondary N) is 1. The van der Waals surface area contributed by atoms with Gasteiger partial charge in [0.05, 0.1) is 19.3 Å². The molecule has 112 valence electrons. The zero-order valence-electron chi connectivity index (χ0n) is 12.9. The number of ether oxygens (including phenoxy) is 2. The minimum atomic E-state index is 0.163. The maximum Gasteiger partial charge on any atom is 0.119 e. The van der Waals surface area contributed by atoms with Crippen LogP contribution in [0.4, 0.5) is 0 Å². The zero-order valence-corrected chi connectivity index (χ0v) is 12.9. The lowest BCUT2D eigenvalue weighted by atomic mass is 9.99. The third-order valence-corrected chi connectivity index (χ3v) is 3.34. The van der Waals surface area contributed by atoms with Crippen molar-refractivity contribution in [3.63, 3.8) is 0 Å². The molecule has 0 fully saturated rings. The molecular weight excluding hydrogens is 262 g/mol. The zero-order chi connectivity index (χ0) is 15.1. The topological polar surface area (TPSA) is 30.5 Å². The Morgan fingerprint density at radius 2 is 1.14 bits per heavy atom. The van der Waals surface area contributed by atoms with Gasteiger partial charge in [-0.05, 0) is 56.3 Å². The van der Waals surface area contributed by atoms with E-state index in [1.807, 2.05) is 45.2 Å². The monoisotopic (exact) mass is 285 g/mol. The van der Waals surface area contributed by atoms with Gasteiger partial charge in [0.25, 0.3) is 0 Å². The first kappa shape index (κ1) is 15.4. The van der Waals surface area contributed by atoms with E-state index in [1.54, 1.807) is 0 Å². The summed E-state index contributed by atoms with van der Waals surface area (Å²) in [6, 6.07) is 16.6. The predicted octanol–water partition coefficient (Wildman–Crippen LogP) is 3.79. The van der Waals surface area contributed by atoms with Crippen molar-refractivity contribution in [2.24, 2.45) is 0 Å². The largest absolute Gasteiger partial charge is 0.494 e. The van der Waals surface area contributed by atoms with E-state index in [4.69, 9.17) is 9.47 Å². The number of rotatable bonds is 7. The average molecular weight is 285 g/mol.